The minimum absolute atomic E-state index is 0.0131. The summed E-state index contributed by atoms with van der Waals surface area (Å²) in [7, 11) is -2.26. The van der Waals surface area contributed by atoms with Gasteiger partial charge in [-0.15, -0.1) is 0 Å². The maximum atomic E-state index is 12.6. The minimum Gasteiger partial charge on any atom is -0.507 e. The first-order chi connectivity index (χ1) is 13.2. The molecule has 0 aliphatic rings. The van der Waals surface area contributed by atoms with Crippen LogP contribution in [0.25, 0.3) is 6.08 Å². The van der Waals surface area contributed by atoms with Crippen LogP contribution in [0.1, 0.15) is 58.2 Å². The number of allylic oxidation sites excluding steroid dienone is 1. The fraction of sp³-hybridized carbons (Fsp3) is 0.591. The number of nitriles is 1. The number of rotatable bonds is 8. The molecule has 6 nitrogen and oxygen atoms in total. The summed E-state index contributed by atoms with van der Waals surface area (Å²) in [6.07, 6.45) is 1.37. The van der Waals surface area contributed by atoms with E-state index in [0.29, 0.717) is 29.9 Å². The lowest BCUT2D eigenvalue weighted by molar-refractivity contribution is 0.0785. The van der Waals surface area contributed by atoms with Crippen LogP contribution in [-0.4, -0.2) is 46.2 Å². The van der Waals surface area contributed by atoms with E-state index in [4.69, 9.17) is 9.47 Å². The molecule has 0 saturated carbocycles. The van der Waals surface area contributed by atoms with Crippen LogP contribution in [0.2, 0.25) is 0 Å². The first-order valence-electron chi connectivity index (χ1n) is 9.53. The minimum atomic E-state index is -3.79. The van der Waals surface area contributed by atoms with Crippen molar-refractivity contribution in [3.05, 3.63) is 33.7 Å². The normalized spacial score (nSPS) is 13.4. The van der Waals surface area contributed by atoms with Crippen molar-refractivity contribution in [3.63, 3.8) is 0 Å². The number of aromatic hydroxyl groups is 1. The third-order valence-corrected chi connectivity index (χ3v) is 6.00. The van der Waals surface area contributed by atoms with Crippen molar-refractivity contribution in [1.29, 1.82) is 5.26 Å². The molecule has 0 aromatic heterocycles. The van der Waals surface area contributed by atoms with Crippen LogP contribution in [0.15, 0.2) is 17.0 Å². The van der Waals surface area contributed by atoms with Gasteiger partial charge in [0.15, 0.2) is 9.84 Å². The summed E-state index contributed by atoms with van der Waals surface area (Å²) in [5.74, 6) is -0.0815. The number of methoxy groups -OCH3 is 1. The maximum absolute atomic E-state index is 12.6. The summed E-state index contributed by atoms with van der Waals surface area (Å²) in [5.41, 5.74) is 1.27. The summed E-state index contributed by atoms with van der Waals surface area (Å²) < 4.78 is 35.2. The van der Waals surface area contributed by atoms with Gasteiger partial charge in [-0.05, 0) is 34.6 Å². The molecule has 0 radical (unpaired) electrons. The Morgan fingerprint density at radius 2 is 1.59 bits per heavy atom. The number of ether oxygens (including phenoxy) is 2. The van der Waals surface area contributed by atoms with Crippen LogP contribution in [0.4, 0.5) is 0 Å². The van der Waals surface area contributed by atoms with E-state index in [0.717, 1.165) is 0 Å². The average molecular weight is 424 g/mol. The molecule has 1 N–H and O–H groups in total. The highest BCUT2D eigenvalue weighted by atomic mass is 32.2. The summed E-state index contributed by atoms with van der Waals surface area (Å²) >= 11 is 0. The highest BCUT2D eigenvalue weighted by Gasteiger charge is 2.27. The quantitative estimate of drug-likeness (QED) is 0.503. The Hall–Kier alpha value is -1.88. The van der Waals surface area contributed by atoms with Gasteiger partial charge in [-0.25, -0.2) is 8.42 Å². The Balaban J connectivity index is 3.37. The first-order valence-corrected chi connectivity index (χ1v) is 11.2. The molecule has 29 heavy (non-hydrogen) atoms. The molecule has 1 aromatic rings. The molecule has 1 aromatic carbocycles. The molecule has 0 fully saturated rings. The van der Waals surface area contributed by atoms with Crippen LogP contribution >= 0.6 is 0 Å². The molecule has 7 heteroatoms. The van der Waals surface area contributed by atoms with Crippen LogP contribution < -0.4 is 0 Å². The summed E-state index contributed by atoms with van der Waals surface area (Å²) in [4.78, 5) is -0.321. The van der Waals surface area contributed by atoms with E-state index in [1.807, 2.05) is 41.5 Å². The van der Waals surface area contributed by atoms with Gasteiger partial charge in [0.25, 0.3) is 0 Å². The number of phenolic OH excluding ortho intramolecular Hbond substituents is 1. The lowest BCUT2D eigenvalue weighted by Crippen LogP contribution is -2.18. The van der Waals surface area contributed by atoms with Crippen molar-refractivity contribution in [1.82, 2.24) is 0 Å². The molecule has 162 valence electrons. The van der Waals surface area contributed by atoms with Crippen molar-refractivity contribution in [2.45, 2.75) is 52.4 Å². The number of hydrogen-bond acceptors (Lipinski definition) is 6. The van der Waals surface area contributed by atoms with Crippen LogP contribution in [0.5, 0.6) is 5.75 Å². The van der Waals surface area contributed by atoms with Crippen LogP contribution in [0, 0.1) is 11.3 Å². The van der Waals surface area contributed by atoms with Gasteiger partial charge >= 0.3 is 0 Å². The van der Waals surface area contributed by atoms with Gasteiger partial charge in [-0.1, -0.05) is 41.5 Å². The Morgan fingerprint density at radius 3 is 2.00 bits per heavy atom. The number of hydrogen-bond donors (Lipinski definition) is 1. The predicted molar refractivity (Wildman–Crippen MR) is 116 cm³/mol. The smallest absolute Gasteiger partial charge is 0.190 e. The maximum Gasteiger partial charge on any atom is 0.190 e. The van der Waals surface area contributed by atoms with Gasteiger partial charge in [0.05, 0.1) is 25.6 Å². The van der Waals surface area contributed by atoms with Crippen molar-refractivity contribution in [2.75, 3.05) is 32.7 Å². The number of benzene rings is 1. The zero-order valence-electron chi connectivity index (χ0n) is 18.5. The third kappa shape index (κ3) is 7.14. The van der Waals surface area contributed by atoms with Gasteiger partial charge in [0.2, 0.25) is 0 Å². The molecule has 0 unspecified atom stereocenters. The molecule has 0 saturated heterocycles. The molecule has 0 bridgehead atoms. The van der Waals surface area contributed by atoms with Gasteiger partial charge in [-0.2, -0.15) is 5.26 Å². The first kappa shape index (κ1) is 25.2. The third-order valence-electron chi connectivity index (χ3n) is 4.42. The van der Waals surface area contributed by atoms with E-state index in [-0.39, 0.29) is 33.8 Å². The molecule has 0 aliphatic heterocycles. The summed E-state index contributed by atoms with van der Waals surface area (Å²) in [5, 5.41) is 20.3. The summed E-state index contributed by atoms with van der Waals surface area (Å²) in [6, 6.07) is 5.29. The average Bonchev–Trinajstić information content (AvgIpc) is 2.58. The second-order valence-electron chi connectivity index (χ2n) is 9.01. The summed E-state index contributed by atoms with van der Waals surface area (Å²) in [6.45, 7) is 12.5. The Labute approximate surface area is 175 Å². The zero-order valence-corrected chi connectivity index (χ0v) is 19.3. The van der Waals surface area contributed by atoms with Crippen molar-refractivity contribution < 1.29 is 23.0 Å². The predicted octanol–water partition coefficient (Wildman–Crippen LogP) is 3.93. The molecule has 0 aliphatic carbocycles. The molecule has 0 amide bonds. The van der Waals surface area contributed by atoms with E-state index < -0.39 is 9.84 Å². The van der Waals surface area contributed by atoms with Crippen molar-refractivity contribution in [3.8, 4) is 11.8 Å². The number of phenols is 1. The fourth-order valence-electron chi connectivity index (χ4n) is 2.75. The molecule has 0 atom stereocenters. The van der Waals surface area contributed by atoms with E-state index in [1.54, 1.807) is 18.2 Å². The molecule has 0 spiro atoms. The van der Waals surface area contributed by atoms with E-state index >= 15 is 0 Å². The molecular formula is C22H33NO5S. The molecular weight excluding hydrogens is 390 g/mol. The van der Waals surface area contributed by atoms with Crippen LogP contribution in [0.3, 0.4) is 0 Å². The fourth-order valence-corrected chi connectivity index (χ4v) is 3.76. The van der Waals surface area contributed by atoms with Gasteiger partial charge in [0.1, 0.15) is 16.7 Å². The lowest BCUT2D eigenvalue weighted by Gasteiger charge is -2.28. The van der Waals surface area contributed by atoms with Gasteiger partial charge in [0, 0.05) is 18.2 Å². The Kier molecular flexibility index (Phi) is 8.46. The Bertz CT molecular complexity index is 846. The van der Waals surface area contributed by atoms with Gasteiger partial charge < -0.3 is 14.6 Å². The topological polar surface area (TPSA) is 96.6 Å². The largest absolute Gasteiger partial charge is 0.507 e. The monoisotopic (exact) mass is 423 g/mol. The molecule has 0 heterocycles. The van der Waals surface area contributed by atoms with E-state index in [1.165, 1.54) is 13.2 Å². The second kappa shape index (κ2) is 9.75. The highest BCUT2D eigenvalue weighted by Crippen LogP contribution is 2.40. The lowest BCUT2D eigenvalue weighted by atomic mass is 9.78. The van der Waals surface area contributed by atoms with Crippen molar-refractivity contribution in [2.24, 2.45) is 0 Å². The van der Waals surface area contributed by atoms with Gasteiger partial charge in [-0.3, -0.25) is 0 Å². The SMILES string of the molecule is COCCOCCS(=O)(=O)C(C#N)=Cc1cc(C(C)(C)C)c(O)c(C(C)(C)C)c1. The number of sulfone groups is 1. The second-order valence-corrected chi connectivity index (χ2v) is 11.1. The molecule has 1 rings (SSSR count). The van der Waals surface area contributed by atoms with E-state index in [9.17, 15) is 18.8 Å². The standard InChI is InChI=1S/C22H33NO5S/c1-21(2,3)18-13-16(14-19(20(18)24)22(4,5)6)12-17(15-23)29(25,26)11-10-28-9-8-27-7/h12-14,24H,8-11H2,1-7H3. The zero-order chi connectivity index (χ0) is 22.5. The van der Waals surface area contributed by atoms with Crippen LogP contribution in [-0.2, 0) is 30.1 Å². The Morgan fingerprint density at radius 1 is 1.07 bits per heavy atom. The highest BCUT2D eigenvalue weighted by molar-refractivity contribution is 7.95. The number of nitrogens with zero attached hydrogens (tertiary/aromatic N) is 1. The van der Waals surface area contributed by atoms with E-state index in [2.05, 4.69) is 0 Å². The van der Waals surface area contributed by atoms with Crippen molar-refractivity contribution >= 4 is 15.9 Å².